The van der Waals surface area contributed by atoms with Crippen LogP contribution in [0.4, 0.5) is 5.82 Å². The van der Waals surface area contributed by atoms with Crippen LogP contribution in [0, 0.1) is 6.92 Å². The monoisotopic (exact) mass is 193 g/mol. The predicted octanol–water partition coefficient (Wildman–Crippen LogP) is 1.88. The lowest BCUT2D eigenvalue weighted by Gasteiger charge is -2.00. The normalized spacial score (nSPS) is 10.5. The molecule has 0 saturated heterocycles. The van der Waals surface area contributed by atoms with Crippen molar-refractivity contribution in [2.45, 2.75) is 13.5 Å². The summed E-state index contributed by atoms with van der Waals surface area (Å²) in [6.45, 7) is 2.86. The van der Waals surface area contributed by atoms with Crippen LogP contribution in [0.3, 0.4) is 0 Å². The van der Waals surface area contributed by atoms with Crippen molar-refractivity contribution in [1.29, 1.82) is 0 Å². The number of hydrogen-bond acceptors (Lipinski definition) is 3. The minimum Gasteiger partial charge on any atom is -0.384 e. The lowest BCUT2D eigenvalue weighted by atomic mass is 10.3. The number of hydrogen-bond donors (Lipinski definition) is 1. The topological polar surface area (TPSA) is 43.8 Å². The molecule has 0 bridgehead atoms. The third-order valence-electron chi connectivity index (χ3n) is 1.87. The van der Waals surface area contributed by atoms with Crippen molar-refractivity contribution in [2.24, 2.45) is 0 Å². The van der Waals surface area contributed by atoms with Crippen LogP contribution in [0.1, 0.15) is 10.4 Å². The van der Waals surface area contributed by atoms with Gasteiger partial charge in [-0.25, -0.2) is 4.68 Å². The number of aromatic nitrogens is 2. The molecule has 0 atom stereocenters. The average Bonchev–Trinajstić information content (AvgIpc) is 2.64. The maximum absolute atomic E-state index is 5.70. The number of nitrogens with zero attached hydrogens (tertiary/aromatic N) is 2. The van der Waals surface area contributed by atoms with Gasteiger partial charge < -0.3 is 5.73 Å². The third kappa shape index (κ3) is 1.72. The molecule has 0 aromatic carbocycles. The Morgan fingerprint density at radius 3 is 3.00 bits per heavy atom. The zero-order valence-corrected chi connectivity index (χ0v) is 8.21. The van der Waals surface area contributed by atoms with Crippen LogP contribution in [0.15, 0.2) is 23.7 Å². The van der Waals surface area contributed by atoms with Gasteiger partial charge in [0.05, 0.1) is 12.7 Å². The second-order valence-electron chi connectivity index (χ2n) is 2.98. The van der Waals surface area contributed by atoms with E-state index in [9.17, 15) is 0 Å². The van der Waals surface area contributed by atoms with Crippen LogP contribution in [-0.4, -0.2) is 9.78 Å². The van der Waals surface area contributed by atoms with Gasteiger partial charge >= 0.3 is 0 Å². The molecule has 2 aromatic heterocycles. The maximum atomic E-state index is 5.70. The smallest absolute Gasteiger partial charge is 0.122 e. The van der Waals surface area contributed by atoms with Crippen LogP contribution in [0.2, 0.25) is 0 Å². The standard InChI is InChI=1S/C9H11N3S/c1-7-4-8(6-13-7)5-12-9(10)2-3-11-12/h2-4,6H,5,10H2,1H3. The predicted molar refractivity (Wildman–Crippen MR) is 54.8 cm³/mol. The molecule has 0 unspecified atom stereocenters. The quantitative estimate of drug-likeness (QED) is 0.791. The Labute approximate surface area is 80.8 Å². The highest BCUT2D eigenvalue weighted by Crippen LogP contribution is 2.15. The molecule has 0 amide bonds. The minimum atomic E-state index is 0.712. The first-order valence-corrected chi connectivity index (χ1v) is 4.95. The summed E-state index contributed by atoms with van der Waals surface area (Å²) in [4.78, 5) is 1.32. The summed E-state index contributed by atoms with van der Waals surface area (Å²) in [5.74, 6) is 0.712. The van der Waals surface area contributed by atoms with E-state index in [1.807, 2.05) is 0 Å². The lowest BCUT2D eigenvalue weighted by molar-refractivity contribution is 0.699. The summed E-state index contributed by atoms with van der Waals surface area (Å²) < 4.78 is 1.79. The van der Waals surface area contributed by atoms with Crippen molar-refractivity contribution in [2.75, 3.05) is 5.73 Å². The molecule has 0 fully saturated rings. The Hall–Kier alpha value is -1.29. The van der Waals surface area contributed by atoms with Gasteiger partial charge in [0.2, 0.25) is 0 Å². The Morgan fingerprint density at radius 2 is 2.46 bits per heavy atom. The van der Waals surface area contributed by atoms with Crippen molar-refractivity contribution in [1.82, 2.24) is 9.78 Å². The molecule has 2 rings (SSSR count). The molecule has 0 spiro atoms. The molecule has 4 heteroatoms. The fraction of sp³-hybridized carbons (Fsp3) is 0.222. The van der Waals surface area contributed by atoms with Gasteiger partial charge in [0.1, 0.15) is 5.82 Å². The maximum Gasteiger partial charge on any atom is 0.122 e. The summed E-state index contributed by atoms with van der Waals surface area (Å²) in [7, 11) is 0. The number of rotatable bonds is 2. The molecule has 0 radical (unpaired) electrons. The van der Waals surface area contributed by atoms with E-state index < -0.39 is 0 Å². The van der Waals surface area contributed by atoms with E-state index >= 15 is 0 Å². The minimum absolute atomic E-state index is 0.712. The molecule has 0 aliphatic rings. The van der Waals surface area contributed by atoms with E-state index in [0.717, 1.165) is 6.54 Å². The number of aryl methyl sites for hydroxylation is 1. The fourth-order valence-corrected chi connectivity index (χ4v) is 1.93. The van der Waals surface area contributed by atoms with Gasteiger partial charge in [0.25, 0.3) is 0 Å². The first-order valence-electron chi connectivity index (χ1n) is 4.07. The first-order chi connectivity index (χ1) is 6.25. The number of nitrogens with two attached hydrogens (primary N) is 1. The molecular formula is C9H11N3S. The number of anilines is 1. The van der Waals surface area contributed by atoms with Gasteiger partial charge in [-0.05, 0) is 30.0 Å². The second kappa shape index (κ2) is 3.22. The highest BCUT2D eigenvalue weighted by Gasteiger charge is 2.00. The average molecular weight is 193 g/mol. The highest BCUT2D eigenvalue weighted by atomic mass is 32.1. The van der Waals surface area contributed by atoms with Crippen molar-refractivity contribution >= 4 is 17.2 Å². The van der Waals surface area contributed by atoms with E-state index in [2.05, 4.69) is 23.5 Å². The first kappa shape index (κ1) is 8.31. The summed E-state index contributed by atoms with van der Waals surface area (Å²) in [5.41, 5.74) is 6.96. The molecule has 0 saturated carbocycles. The zero-order valence-electron chi connectivity index (χ0n) is 7.40. The third-order valence-corrected chi connectivity index (χ3v) is 2.78. The molecule has 2 aromatic rings. The van der Waals surface area contributed by atoms with Gasteiger partial charge in [-0.3, -0.25) is 0 Å². The molecule has 68 valence electrons. The van der Waals surface area contributed by atoms with E-state index in [1.54, 1.807) is 28.3 Å². The second-order valence-corrected chi connectivity index (χ2v) is 4.09. The SMILES string of the molecule is Cc1cc(Cn2nccc2N)cs1. The molecule has 2 heterocycles. The Bertz CT molecular complexity index is 402. The van der Waals surface area contributed by atoms with Crippen molar-refractivity contribution in [3.63, 3.8) is 0 Å². The highest BCUT2D eigenvalue weighted by molar-refractivity contribution is 7.10. The summed E-state index contributed by atoms with van der Waals surface area (Å²) in [5, 5.41) is 6.25. The summed E-state index contributed by atoms with van der Waals surface area (Å²) >= 11 is 1.75. The van der Waals surface area contributed by atoms with Gasteiger partial charge in [-0.1, -0.05) is 0 Å². The van der Waals surface area contributed by atoms with Crippen LogP contribution in [0.25, 0.3) is 0 Å². The zero-order chi connectivity index (χ0) is 9.26. The van der Waals surface area contributed by atoms with Crippen molar-refractivity contribution in [3.8, 4) is 0 Å². The largest absolute Gasteiger partial charge is 0.384 e. The molecule has 0 aliphatic carbocycles. The Balaban J connectivity index is 2.19. The van der Waals surface area contributed by atoms with Crippen molar-refractivity contribution < 1.29 is 0 Å². The Morgan fingerprint density at radius 1 is 1.62 bits per heavy atom. The van der Waals surface area contributed by atoms with Gasteiger partial charge in [0.15, 0.2) is 0 Å². The van der Waals surface area contributed by atoms with E-state index in [1.165, 1.54) is 10.4 Å². The molecule has 3 nitrogen and oxygen atoms in total. The van der Waals surface area contributed by atoms with Crippen LogP contribution >= 0.6 is 11.3 Å². The van der Waals surface area contributed by atoms with Crippen molar-refractivity contribution in [3.05, 3.63) is 34.2 Å². The summed E-state index contributed by atoms with van der Waals surface area (Å²) in [6, 6.07) is 3.96. The van der Waals surface area contributed by atoms with Gasteiger partial charge in [-0.15, -0.1) is 11.3 Å². The number of nitrogen functional groups attached to an aromatic ring is 1. The van der Waals surface area contributed by atoms with Crippen LogP contribution in [0.5, 0.6) is 0 Å². The van der Waals surface area contributed by atoms with E-state index in [-0.39, 0.29) is 0 Å². The fourth-order valence-electron chi connectivity index (χ4n) is 1.23. The van der Waals surface area contributed by atoms with E-state index in [4.69, 9.17) is 5.73 Å². The molecule has 0 aliphatic heterocycles. The molecule has 2 N–H and O–H groups in total. The number of thiophene rings is 1. The van der Waals surface area contributed by atoms with Crippen LogP contribution in [-0.2, 0) is 6.54 Å². The lowest BCUT2D eigenvalue weighted by Crippen LogP contribution is -2.04. The van der Waals surface area contributed by atoms with Crippen LogP contribution < -0.4 is 5.73 Å². The van der Waals surface area contributed by atoms with Gasteiger partial charge in [0, 0.05) is 4.88 Å². The molecular weight excluding hydrogens is 182 g/mol. The summed E-state index contributed by atoms with van der Waals surface area (Å²) in [6.07, 6.45) is 1.72. The van der Waals surface area contributed by atoms with Gasteiger partial charge in [-0.2, -0.15) is 5.10 Å². The molecule has 13 heavy (non-hydrogen) atoms. The Kier molecular flexibility index (Phi) is 2.06. The van der Waals surface area contributed by atoms with E-state index in [0.29, 0.717) is 5.82 Å².